The zero-order chi connectivity index (χ0) is 20.1. The fraction of sp³-hybridized carbons (Fsp3) is 0.500. The molecule has 4 atom stereocenters. The van der Waals surface area contributed by atoms with Crippen molar-refractivity contribution in [3.8, 4) is 5.75 Å². The molecule has 0 radical (unpaired) electrons. The number of aliphatic hydroxyl groups excluding tert-OH is 1. The van der Waals surface area contributed by atoms with Gasteiger partial charge in [-0.3, -0.25) is 14.3 Å². The molecule has 1 aromatic carbocycles. The van der Waals surface area contributed by atoms with Gasteiger partial charge in [-0.05, 0) is 25.5 Å². The van der Waals surface area contributed by atoms with Crippen LogP contribution in [0.4, 0.5) is 0 Å². The Kier molecular flexibility index (Phi) is 6.66. The van der Waals surface area contributed by atoms with Crippen LogP contribution in [0.2, 0.25) is 0 Å². The molecular weight excluding hydrogens is 362 g/mol. The van der Waals surface area contributed by atoms with Crippen molar-refractivity contribution < 1.29 is 14.6 Å². The Balaban J connectivity index is 1.53. The van der Waals surface area contributed by atoms with E-state index in [-0.39, 0.29) is 18.1 Å². The molecule has 2 heterocycles. The monoisotopic (exact) mass is 389 g/mol. The summed E-state index contributed by atoms with van der Waals surface area (Å²) in [6.45, 7) is 4.82. The molecule has 1 aliphatic rings. The lowest BCUT2D eigenvalue weighted by Crippen LogP contribution is -2.38. The number of H-pyrrole nitrogens is 1. The highest BCUT2D eigenvalue weighted by Gasteiger charge is 2.35. The largest absolute Gasteiger partial charge is 0.489 e. The second-order valence-corrected chi connectivity index (χ2v) is 7.01. The van der Waals surface area contributed by atoms with Gasteiger partial charge < -0.3 is 19.9 Å². The summed E-state index contributed by atoms with van der Waals surface area (Å²) >= 11 is 0. The van der Waals surface area contributed by atoms with Crippen LogP contribution in [0.15, 0.2) is 46.1 Å². The average molecular weight is 389 g/mol. The lowest BCUT2D eigenvalue weighted by molar-refractivity contribution is -0.0199. The number of aliphatic hydroxyl groups is 1. The maximum Gasteiger partial charge on any atom is 0.330 e. The molecule has 3 N–H and O–H groups in total. The summed E-state index contributed by atoms with van der Waals surface area (Å²) in [5.74, 6) is 0.804. The normalized spacial score (nSPS) is 22.9. The summed E-state index contributed by atoms with van der Waals surface area (Å²) in [5.41, 5.74) is -0.406. The van der Waals surface area contributed by atoms with Crippen molar-refractivity contribution in [2.45, 2.75) is 51.2 Å². The van der Waals surface area contributed by atoms with Gasteiger partial charge in [0, 0.05) is 31.3 Å². The zero-order valence-corrected chi connectivity index (χ0v) is 16.1. The topological polar surface area (TPSA) is 106 Å². The number of para-hydroxylation sites is 1. The van der Waals surface area contributed by atoms with Crippen molar-refractivity contribution in [2.24, 2.45) is 0 Å². The van der Waals surface area contributed by atoms with Crippen molar-refractivity contribution in [3.63, 3.8) is 0 Å². The molecule has 1 unspecified atom stereocenters. The van der Waals surface area contributed by atoms with Gasteiger partial charge in [0.2, 0.25) is 0 Å². The SMILES string of the molecule is CCc1cn([C@@H]2CC(O)[C@H](CNC[C@H](C)Oc3ccccc3)O2)c(=O)[nH]c1=O. The molecule has 1 aromatic heterocycles. The number of aryl methyl sites for hydroxylation is 1. The van der Waals surface area contributed by atoms with Crippen molar-refractivity contribution in [1.82, 2.24) is 14.9 Å². The van der Waals surface area contributed by atoms with Crippen molar-refractivity contribution >= 4 is 0 Å². The molecule has 8 heteroatoms. The first-order valence-electron chi connectivity index (χ1n) is 9.58. The Labute approximate surface area is 163 Å². The number of rotatable bonds is 8. The van der Waals surface area contributed by atoms with E-state index in [0.29, 0.717) is 25.1 Å². The molecule has 0 bridgehead atoms. The molecule has 8 nitrogen and oxygen atoms in total. The van der Waals surface area contributed by atoms with Crippen LogP contribution < -0.4 is 21.3 Å². The van der Waals surface area contributed by atoms with E-state index < -0.39 is 24.1 Å². The van der Waals surface area contributed by atoms with Gasteiger partial charge in [-0.15, -0.1) is 0 Å². The molecule has 1 saturated heterocycles. The highest BCUT2D eigenvalue weighted by Crippen LogP contribution is 2.27. The maximum absolute atomic E-state index is 12.1. The third kappa shape index (κ3) is 4.89. The molecule has 0 spiro atoms. The first-order valence-corrected chi connectivity index (χ1v) is 9.58. The van der Waals surface area contributed by atoms with Crippen LogP contribution in [0.1, 0.15) is 32.1 Å². The van der Waals surface area contributed by atoms with E-state index in [4.69, 9.17) is 9.47 Å². The second-order valence-electron chi connectivity index (χ2n) is 7.01. The van der Waals surface area contributed by atoms with Gasteiger partial charge >= 0.3 is 5.69 Å². The van der Waals surface area contributed by atoms with E-state index in [1.54, 1.807) is 0 Å². The Morgan fingerprint density at radius 1 is 1.36 bits per heavy atom. The van der Waals surface area contributed by atoms with Gasteiger partial charge in [0.05, 0.1) is 12.2 Å². The summed E-state index contributed by atoms with van der Waals surface area (Å²) in [4.78, 5) is 26.1. The van der Waals surface area contributed by atoms with Gasteiger partial charge in [-0.25, -0.2) is 4.79 Å². The first-order chi connectivity index (χ1) is 13.5. The van der Waals surface area contributed by atoms with Crippen LogP contribution >= 0.6 is 0 Å². The number of nitrogens with one attached hydrogen (secondary N) is 2. The molecule has 0 aliphatic carbocycles. The van der Waals surface area contributed by atoms with Gasteiger partial charge in [0.25, 0.3) is 5.56 Å². The number of hydrogen-bond acceptors (Lipinski definition) is 6. The van der Waals surface area contributed by atoms with E-state index in [2.05, 4.69) is 10.3 Å². The molecule has 2 aromatic rings. The summed E-state index contributed by atoms with van der Waals surface area (Å²) in [7, 11) is 0. The van der Waals surface area contributed by atoms with Crippen LogP contribution in [0.25, 0.3) is 0 Å². The van der Waals surface area contributed by atoms with Crippen LogP contribution in [0, 0.1) is 0 Å². The highest BCUT2D eigenvalue weighted by molar-refractivity contribution is 5.21. The Morgan fingerprint density at radius 3 is 2.82 bits per heavy atom. The van der Waals surface area contributed by atoms with Crippen LogP contribution in [-0.2, 0) is 11.2 Å². The minimum absolute atomic E-state index is 0.0503. The van der Waals surface area contributed by atoms with E-state index in [1.165, 1.54) is 10.8 Å². The fourth-order valence-electron chi connectivity index (χ4n) is 3.26. The number of hydrogen-bond donors (Lipinski definition) is 3. The second kappa shape index (κ2) is 9.18. The lowest BCUT2D eigenvalue weighted by atomic mass is 10.1. The van der Waals surface area contributed by atoms with Crippen LogP contribution in [0.5, 0.6) is 5.75 Å². The van der Waals surface area contributed by atoms with E-state index >= 15 is 0 Å². The Morgan fingerprint density at radius 2 is 2.11 bits per heavy atom. The zero-order valence-electron chi connectivity index (χ0n) is 16.1. The van der Waals surface area contributed by atoms with Gasteiger partial charge in [-0.2, -0.15) is 0 Å². The van der Waals surface area contributed by atoms with E-state index in [9.17, 15) is 14.7 Å². The molecule has 0 saturated carbocycles. The summed E-state index contributed by atoms with van der Waals surface area (Å²) in [5, 5.41) is 13.6. The molecule has 28 heavy (non-hydrogen) atoms. The minimum atomic E-state index is -0.702. The smallest absolute Gasteiger partial charge is 0.330 e. The maximum atomic E-state index is 12.1. The van der Waals surface area contributed by atoms with E-state index in [0.717, 1.165) is 5.75 Å². The number of ether oxygens (including phenoxy) is 2. The Hall–Kier alpha value is -2.42. The van der Waals surface area contributed by atoms with Gasteiger partial charge in [0.15, 0.2) is 0 Å². The molecular formula is C20H27N3O5. The summed E-state index contributed by atoms with van der Waals surface area (Å²) in [6, 6.07) is 9.57. The molecule has 1 aliphatic heterocycles. The van der Waals surface area contributed by atoms with Crippen molar-refractivity contribution in [2.75, 3.05) is 13.1 Å². The number of aromatic nitrogens is 2. The van der Waals surface area contributed by atoms with Crippen molar-refractivity contribution in [1.29, 1.82) is 0 Å². The van der Waals surface area contributed by atoms with Gasteiger partial charge in [0.1, 0.15) is 18.1 Å². The quantitative estimate of drug-likeness (QED) is 0.617. The highest BCUT2D eigenvalue weighted by atomic mass is 16.5. The summed E-state index contributed by atoms with van der Waals surface area (Å²) in [6.07, 6.45) is 0.515. The third-order valence-electron chi connectivity index (χ3n) is 4.79. The molecule has 0 amide bonds. The number of aromatic amines is 1. The van der Waals surface area contributed by atoms with Crippen LogP contribution in [0.3, 0.4) is 0 Å². The standard InChI is InChI=1S/C20H27N3O5/c1-3-14-12-23(20(26)22-19(14)25)18-9-16(24)17(28-18)11-21-10-13(2)27-15-7-5-4-6-8-15/h4-8,12-13,16-18,21,24H,3,9-11H2,1-2H3,(H,22,25,26)/t13-,16?,17-,18-/m0/s1. The van der Waals surface area contributed by atoms with Crippen molar-refractivity contribution in [3.05, 3.63) is 62.9 Å². The summed E-state index contributed by atoms with van der Waals surface area (Å²) < 4.78 is 13.0. The lowest BCUT2D eigenvalue weighted by Gasteiger charge is -2.19. The molecule has 1 fully saturated rings. The first kappa shape index (κ1) is 20.3. The number of nitrogens with zero attached hydrogens (tertiary/aromatic N) is 1. The van der Waals surface area contributed by atoms with Crippen LogP contribution in [-0.4, -0.2) is 46.1 Å². The average Bonchev–Trinajstić information content (AvgIpc) is 3.03. The molecule has 152 valence electrons. The third-order valence-corrected chi connectivity index (χ3v) is 4.79. The predicted molar refractivity (Wildman–Crippen MR) is 105 cm³/mol. The Bertz CT molecular complexity index is 879. The number of benzene rings is 1. The molecule has 3 rings (SSSR count). The minimum Gasteiger partial charge on any atom is -0.489 e. The predicted octanol–water partition coefficient (Wildman–Crippen LogP) is 0.804. The van der Waals surface area contributed by atoms with E-state index in [1.807, 2.05) is 44.2 Å². The fourth-order valence-corrected chi connectivity index (χ4v) is 3.26. The van der Waals surface area contributed by atoms with Gasteiger partial charge in [-0.1, -0.05) is 25.1 Å².